The molecule has 1 N–H and O–H groups in total. The smallest absolute Gasteiger partial charge is 0.127 e. The molecule has 2 aromatic rings. The maximum atomic E-state index is 5.71. The third kappa shape index (κ3) is 3.67. The molecule has 92 valence electrons. The van der Waals surface area contributed by atoms with Gasteiger partial charge in [-0.15, -0.1) is 0 Å². The van der Waals surface area contributed by atoms with Crippen molar-refractivity contribution < 1.29 is 4.74 Å². The second-order valence-corrected chi connectivity index (χ2v) is 4.25. The van der Waals surface area contributed by atoms with Gasteiger partial charge in [-0.2, -0.15) is 0 Å². The van der Waals surface area contributed by atoms with E-state index in [1.807, 2.05) is 61.5 Å². The molecule has 0 unspecified atom stereocenters. The Kier molecular flexibility index (Phi) is 4.02. The number of anilines is 1. The van der Waals surface area contributed by atoms with Crippen LogP contribution in [0, 0.1) is 0 Å². The lowest BCUT2D eigenvalue weighted by atomic mass is 10.2. The average molecular weight is 239 g/mol. The standard InChI is InChI=1S/C16H17NO/c1-13(2)12-17-14-8-10-16(11-9-14)18-15-6-4-3-5-7-15/h3-11,17H,1,12H2,2H3. The van der Waals surface area contributed by atoms with Gasteiger partial charge in [0, 0.05) is 12.2 Å². The molecule has 0 aliphatic carbocycles. The van der Waals surface area contributed by atoms with Crippen molar-refractivity contribution in [2.24, 2.45) is 0 Å². The molecule has 0 saturated heterocycles. The Hall–Kier alpha value is -2.22. The maximum Gasteiger partial charge on any atom is 0.127 e. The predicted octanol–water partition coefficient (Wildman–Crippen LogP) is 4.47. The summed E-state index contributed by atoms with van der Waals surface area (Å²) >= 11 is 0. The molecule has 0 heterocycles. The molecule has 0 aliphatic rings. The molecular weight excluding hydrogens is 222 g/mol. The molecule has 0 aliphatic heterocycles. The Balaban J connectivity index is 1.97. The Morgan fingerprint density at radius 3 is 2.22 bits per heavy atom. The summed E-state index contributed by atoms with van der Waals surface area (Å²) in [5.74, 6) is 1.68. The van der Waals surface area contributed by atoms with E-state index in [9.17, 15) is 0 Å². The molecule has 0 spiro atoms. The van der Waals surface area contributed by atoms with Crippen LogP contribution in [-0.4, -0.2) is 6.54 Å². The summed E-state index contributed by atoms with van der Waals surface area (Å²) in [5.41, 5.74) is 2.18. The fourth-order valence-corrected chi connectivity index (χ4v) is 1.52. The van der Waals surface area contributed by atoms with Gasteiger partial charge in [-0.25, -0.2) is 0 Å². The number of hydrogen-bond donors (Lipinski definition) is 1. The highest BCUT2D eigenvalue weighted by Gasteiger charge is 1.97. The summed E-state index contributed by atoms with van der Waals surface area (Å²) in [6.45, 7) is 6.65. The SMILES string of the molecule is C=C(C)CNc1ccc(Oc2ccccc2)cc1. The van der Waals surface area contributed by atoms with Gasteiger partial charge in [0.2, 0.25) is 0 Å². The maximum absolute atomic E-state index is 5.71. The largest absolute Gasteiger partial charge is 0.457 e. The summed E-state index contributed by atoms with van der Waals surface area (Å²) in [5, 5.41) is 3.28. The van der Waals surface area contributed by atoms with Gasteiger partial charge in [0.15, 0.2) is 0 Å². The zero-order valence-corrected chi connectivity index (χ0v) is 10.5. The molecule has 0 atom stereocenters. The lowest BCUT2D eigenvalue weighted by Gasteiger charge is -2.08. The van der Waals surface area contributed by atoms with Gasteiger partial charge in [-0.3, -0.25) is 0 Å². The molecule has 0 amide bonds. The van der Waals surface area contributed by atoms with E-state index >= 15 is 0 Å². The van der Waals surface area contributed by atoms with Crippen LogP contribution < -0.4 is 10.1 Å². The molecule has 0 saturated carbocycles. The summed E-state index contributed by atoms with van der Waals surface area (Å²) < 4.78 is 5.71. The lowest BCUT2D eigenvalue weighted by molar-refractivity contribution is 0.483. The number of hydrogen-bond acceptors (Lipinski definition) is 2. The van der Waals surface area contributed by atoms with Crippen LogP contribution in [0.2, 0.25) is 0 Å². The molecule has 2 aromatic carbocycles. The van der Waals surface area contributed by atoms with Crippen molar-refractivity contribution in [3.8, 4) is 11.5 Å². The average Bonchev–Trinajstić information content (AvgIpc) is 2.39. The highest BCUT2D eigenvalue weighted by molar-refractivity contribution is 5.47. The van der Waals surface area contributed by atoms with E-state index in [0.29, 0.717) is 0 Å². The molecule has 0 aromatic heterocycles. The zero-order chi connectivity index (χ0) is 12.8. The van der Waals surface area contributed by atoms with Gasteiger partial charge in [-0.05, 0) is 43.3 Å². The topological polar surface area (TPSA) is 21.3 Å². The van der Waals surface area contributed by atoms with Crippen LogP contribution in [0.4, 0.5) is 5.69 Å². The Labute approximate surface area is 108 Å². The predicted molar refractivity (Wildman–Crippen MR) is 76.3 cm³/mol. The molecule has 0 radical (unpaired) electrons. The Morgan fingerprint density at radius 2 is 1.61 bits per heavy atom. The highest BCUT2D eigenvalue weighted by Crippen LogP contribution is 2.22. The van der Waals surface area contributed by atoms with Crippen molar-refractivity contribution in [3.63, 3.8) is 0 Å². The Bertz CT molecular complexity index is 502. The third-order valence-corrected chi connectivity index (χ3v) is 2.43. The van der Waals surface area contributed by atoms with Gasteiger partial charge in [-0.1, -0.05) is 30.4 Å². The van der Waals surface area contributed by atoms with E-state index in [2.05, 4.69) is 11.9 Å². The van der Waals surface area contributed by atoms with E-state index in [1.165, 1.54) is 0 Å². The minimum atomic E-state index is 0.791. The molecular formula is C16H17NO. The van der Waals surface area contributed by atoms with Crippen LogP contribution in [0.5, 0.6) is 11.5 Å². The molecule has 2 nitrogen and oxygen atoms in total. The van der Waals surface area contributed by atoms with Crippen molar-refractivity contribution >= 4 is 5.69 Å². The summed E-state index contributed by atoms with van der Waals surface area (Å²) in [4.78, 5) is 0. The van der Waals surface area contributed by atoms with Crippen molar-refractivity contribution in [1.82, 2.24) is 0 Å². The van der Waals surface area contributed by atoms with E-state index in [4.69, 9.17) is 4.74 Å². The van der Waals surface area contributed by atoms with Crippen LogP contribution in [0.1, 0.15) is 6.92 Å². The van der Waals surface area contributed by atoms with Crippen LogP contribution in [0.15, 0.2) is 66.7 Å². The summed E-state index contributed by atoms with van der Waals surface area (Å²) in [6, 6.07) is 17.7. The third-order valence-electron chi connectivity index (χ3n) is 2.43. The first-order chi connectivity index (χ1) is 8.74. The fourth-order valence-electron chi connectivity index (χ4n) is 1.52. The first-order valence-corrected chi connectivity index (χ1v) is 5.95. The second kappa shape index (κ2) is 5.92. The van der Waals surface area contributed by atoms with Crippen molar-refractivity contribution in [1.29, 1.82) is 0 Å². The lowest BCUT2D eigenvalue weighted by Crippen LogP contribution is -2.01. The van der Waals surface area contributed by atoms with Gasteiger partial charge < -0.3 is 10.1 Å². The molecule has 0 fully saturated rings. The van der Waals surface area contributed by atoms with Crippen molar-refractivity contribution in [3.05, 3.63) is 66.7 Å². The summed E-state index contributed by atoms with van der Waals surface area (Å²) in [6.07, 6.45) is 0. The minimum Gasteiger partial charge on any atom is -0.457 e. The minimum absolute atomic E-state index is 0.791. The zero-order valence-electron chi connectivity index (χ0n) is 10.5. The summed E-state index contributed by atoms with van der Waals surface area (Å²) in [7, 11) is 0. The first kappa shape index (κ1) is 12.2. The van der Waals surface area contributed by atoms with E-state index in [-0.39, 0.29) is 0 Å². The number of benzene rings is 2. The van der Waals surface area contributed by atoms with Crippen LogP contribution >= 0.6 is 0 Å². The quantitative estimate of drug-likeness (QED) is 0.777. The first-order valence-electron chi connectivity index (χ1n) is 5.95. The number of ether oxygens (including phenoxy) is 1. The number of nitrogens with one attached hydrogen (secondary N) is 1. The van der Waals surface area contributed by atoms with E-state index < -0.39 is 0 Å². The molecule has 0 bridgehead atoms. The number of para-hydroxylation sites is 1. The van der Waals surface area contributed by atoms with Gasteiger partial charge in [0.25, 0.3) is 0 Å². The van der Waals surface area contributed by atoms with Crippen LogP contribution in [0.25, 0.3) is 0 Å². The van der Waals surface area contributed by atoms with Gasteiger partial charge in [0.05, 0.1) is 0 Å². The normalized spacial score (nSPS) is 9.83. The highest BCUT2D eigenvalue weighted by atomic mass is 16.5. The van der Waals surface area contributed by atoms with E-state index in [1.54, 1.807) is 0 Å². The monoisotopic (exact) mass is 239 g/mol. The molecule has 2 rings (SSSR count). The van der Waals surface area contributed by atoms with E-state index in [0.717, 1.165) is 29.3 Å². The van der Waals surface area contributed by atoms with Crippen molar-refractivity contribution in [2.45, 2.75) is 6.92 Å². The molecule has 2 heteroatoms. The van der Waals surface area contributed by atoms with Crippen molar-refractivity contribution in [2.75, 3.05) is 11.9 Å². The second-order valence-electron chi connectivity index (χ2n) is 4.25. The number of rotatable bonds is 5. The fraction of sp³-hybridized carbons (Fsp3) is 0.125. The van der Waals surface area contributed by atoms with Gasteiger partial charge >= 0.3 is 0 Å². The molecule has 18 heavy (non-hydrogen) atoms. The Morgan fingerprint density at radius 1 is 1.00 bits per heavy atom. The van der Waals surface area contributed by atoms with Crippen LogP contribution in [0.3, 0.4) is 0 Å². The van der Waals surface area contributed by atoms with Crippen LogP contribution in [-0.2, 0) is 0 Å². The van der Waals surface area contributed by atoms with Gasteiger partial charge in [0.1, 0.15) is 11.5 Å².